The largest absolute Gasteiger partial charge is 1.00 e. The van der Waals surface area contributed by atoms with Gasteiger partial charge >= 0.3 is 5.69 Å². The van der Waals surface area contributed by atoms with Crippen LogP contribution in [0.25, 0.3) is 4.98 Å². The molecule has 4 heteroatoms. The zero-order chi connectivity index (χ0) is 10.6. The van der Waals surface area contributed by atoms with E-state index in [1.165, 1.54) is 0 Å². The summed E-state index contributed by atoms with van der Waals surface area (Å²) in [7, 11) is 0. The van der Waals surface area contributed by atoms with Gasteiger partial charge in [-0.05, 0) is 12.0 Å². The summed E-state index contributed by atoms with van der Waals surface area (Å²) in [5.41, 5.74) is 0.835. The van der Waals surface area contributed by atoms with Gasteiger partial charge in [-0.3, -0.25) is 4.79 Å². The SMILES string of the molecule is CC(C)CC(=O)c1ccccc1[N+]#N.[Cl-]. The molecule has 1 rings (SSSR count). The highest BCUT2D eigenvalue weighted by Gasteiger charge is 2.19. The van der Waals surface area contributed by atoms with Gasteiger partial charge in [0.25, 0.3) is 0 Å². The Bertz CT molecular complexity index is 382. The monoisotopic (exact) mass is 224 g/mol. The Labute approximate surface area is 95.5 Å². The molecule has 80 valence electrons. The van der Waals surface area contributed by atoms with Crippen molar-refractivity contribution < 1.29 is 17.2 Å². The van der Waals surface area contributed by atoms with E-state index >= 15 is 0 Å². The van der Waals surface area contributed by atoms with Crippen molar-refractivity contribution in [2.45, 2.75) is 20.3 Å². The summed E-state index contributed by atoms with van der Waals surface area (Å²) in [6.07, 6.45) is 0.479. The fraction of sp³-hybridized carbons (Fsp3) is 0.364. The van der Waals surface area contributed by atoms with Crippen LogP contribution in [-0.2, 0) is 0 Å². The molecule has 0 N–H and O–H groups in total. The molecule has 0 saturated heterocycles. The fourth-order valence-corrected chi connectivity index (χ4v) is 1.28. The third kappa shape index (κ3) is 3.69. The summed E-state index contributed by atoms with van der Waals surface area (Å²) in [5.74, 6) is 0.336. The van der Waals surface area contributed by atoms with E-state index in [9.17, 15) is 4.79 Å². The van der Waals surface area contributed by atoms with Gasteiger partial charge in [0.05, 0.1) is 0 Å². The minimum atomic E-state index is 0. The van der Waals surface area contributed by atoms with E-state index in [0.717, 1.165) is 0 Å². The quantitative estimate of drug-likeness (QED) is 0.551. The van der Waals surface area contributed by atoms with Crippen LogP contribution < -0.4 is 12.4 Å². The fourth-order valence-electron chi connectivity index (χ4n) is 1.28. The van der Waals surface area contributed by atoms with E-state index in [1.807, 2.05) is 13.8 Å². The maximum absolute atomic E-state index is 11.7. The highest BCUT2D eigenvalue weighted by molar-refractivity contribution is 6.01. The van der Waals surface area contributed by atoms with Gasteiger partial charge in [0.2, 0.25) is 5.39 Å². The lowest BCUT2D eigenvalue weighted by Crippen LogP contribution is -3.00. The number of Topliss-reactive ketones (excluding diaryl/α,β-unsaturated/α-hetero) is 1. The molecule has 0 fully saturated rings. The van der Waals surface area contributed by atoms with Gasteiger partial charge in [0, 0.05) is 12.5 Å². The van der Waals surface area contributed by atoms with E-state index in [4.69, 9.17) is 5.39 Å². The van der Waals surface area contributed by atoms with Crippen molar-refractivity contribution in [2.75, 3.05) is 0 Å². The van der Waals surface area contributed by atoms with E-state index in [-0.39, 0.29) is 18.2 Å². The second-order valence-electron chi connectivity index (χ2n) is 3.64. The lowest BCUT2D eigenvalue weighted by molar-refractivity contribution is -0.0000118. The summed E-state index contributed by atoms with van der Waals surface area (Å²) >= 11 is 0. The van der Waals surface area contributed by atoms with Gasteiger partial charge in [-0.15, -0.1) is 0 Å². The summed E-state index contributed by atoms with van der Waals surface area (Å²) < 4.78 is 0. The van der Waals surface area contributed by atoms with Crippen LogP contribution in [0.2, 0.25) is 0 Å². The molecule has 0 amide bonds. The van der Waals surface area contributed by atoms with E-state index in [2.05, 4.69) is 4.98 Å². The molecule has 0 saturated carbocycles. The Hall–Kier alpha value is -1.40. The molecule has 0 atom stereocenters. The van der Waals surface area contributed by atoms with Crippen LogP contribution in [0.4, 0.5) is 5.69 Å². The Balaban J connectivity index is 0.00000196. The standard InChI is InChI=1S/C11H13N2O.ClH/c1-8(2)7-11(14)9-5-3-4-6-10(9)13-12;/h3-6,8H,7H2,1-2H3;1H/q+1;/p-1. The number of carbonyl (C=O) groups excluding carboxylic acids is 1. The second kappa shape index (κ2) is 6.15. The maximum Gasteiger partial charge on any atom is 0.395 e. The Morgan fingerprint density at radius 2 is 2.00 bits per heavy atom. The summed E-state index contributed by atoms with van der Waals surface area (Å²) in [4.78, 5) is 14.7. The number of nitrogens with zero attached hydrogens (tertiary/aromatic N) is 2. The number of rotatable bonds is 3. The van der Waals surface area contributed by atoms with Crippen molar-refractivity contribution in [3.8, 4) is 0 Å². The molecule has 0 aliphatic rings. The Morgan fingerprint density at radius 3 is 2.53 bits per heavy atom. The van der Waals surface area contributed by atoms with E-state index in [0.29, 0.717) is 23.6 Å². The first kappa shape index (κ1) is 13.6. The highest BCUT2D eigenvalue weighted by atomic mass is 35.5. The van der Waals surface area contributed by atoms with Crippen molar-refractivity contribution in [3.63, 3.8) is 0 Å². The summed E-state index contributed by atoms with van der Waals surface area (Å²) in [6.45, 7) is 3.97. The molecule has 0 bridgehead atoms. The molecule has 0 unspecified atom stereocenters. The predicted molar refractivity (Wildman–Crippen MR) is 55.0 cm³/mol. The van der Waals surface area contributed by atoms with Gasteiger partial charge in [-0.25, -0.2) is 0 Å². The number of hydrogen-bond donors (Lipinski definition) is 0. The van der Waals surface area contributed by atoms with E-state index < -0.39 is 0 Å². The number of carbonyl (C=O) groups is 1. The lowest BCUT2D eigenvalue weighted by Gasteiger charge is -2.01. The first-order valence-corrected chi connectivity index (χ1v) is 4.62. The summed E-state index contributed by atoms with van der Waals surface area (Å²) in [6, 6.07) is 6.80. The molecule has 0 spiro atoms. The van der Waals surface area contributed by atoms with Gasteiger partial charge in [0.15, 0.2) is 10.8 Å². The topological polar surface area (TPSA) is 45.2 Å². The van der Waals surface area contributed by atoms with Crippen molar-refractivity contribution in [1.82, 2.24) is 0 Å². The Morgan fingerprint density at radius 1 is 1.40 bits per heavy atom. The van der Waals surface area contributed by atoms with Crippen molar-refractivity contribution >= 4 is 11.5 Å². The van der Waals surface area contributed by atoms with Crippen LogP contribution in [0.15, 0.2) is 24.3 Å². The molecule has 1 aromatic rings. The normalized spacial score (nSPS) is 9.20. The number of ketones is 1. The second-order valence-corrected chi connectivity index (χ2v) is 3.64. The highest BCUT2D eigenvalue weighted by Crippen LogP contribution is 2.21. The number of hydrogen-bond acceptors (Lipinski definition) is 2. The van der Waals surface area contributed by atoms with E-state index in [1.54, 1.807) is 24.3 Å². The van der Waals surface area contributed by atoms with Crippen molar-refractivity contribution in [1.29, 1.82) is 5.39 Å². The molecular weight excluding hydrogens is 212 g/mol. The van der Waals surface area contributed by atoms with Crippen LogP contribution in [0.5, 0.6) is 0 Å². The number of benzene rings is 1. The van der Waals surface area contributed by atoms with Gasteiger partial charge < -0.3 is 12.4 Å². The minimum absolute atomic E-state index is 0. The van der Waals surface area contributed by atoms with Gasteiger partial charge in [0.1, 0.15) is 5.56 Å². The first-order chi connectivity index (χ1) is 6.65. The Kier molecular flexibility index (Phi) is 5.58. The van der Waals surface area contributed by atoms with Crippen LogP contribution >= 0.6 is 0 Å². The molecule has 0 radical (unpaired) electrons. The molecule has 0 aromatic heterocycles. The van der Waals surface area contributed by atoms with Gasteiger partial charge in [-0.2, -0.15) is 0 Å². The number of halogens is 1. The van der Waals surface area contributed by atoms with Crippen molar-refractivity contribution in [3.05, 3.63) is 34.8 Å². The first-order valence-electron chi connectivity index (χ1n) is 4.62. The molecule has 0 aliphatic heterocycles. The molecule has 1 aromatic carbocycles. The maximum atomic E-state index is 11.7. The number of diazo groups is 1. The lowest BCUT2D eigenvalue weighted by atomic mass is 10.0. The zero-order valence-corrected chi connectivity index (χ0v) is 9.53. The van der Waals surface area contributed by atoms with Gasteiger partial charge in [-0.1, -0.05) is 26.0 Å². The zero-order valence-electron chi connectivity index (χ0n) is 8.77. The van der Waals surface area contributed by atoms with Crippen LogP contribution in [0, 0.1) is 11.3 Å². The van der Waals surface area contributed by atoms with Crippen LogP contribution in [-0.4, -0.2) is 5.78 Å². The molecule has 3 nitrogen and oxygen atoms in total. The van der Waals surface area contributed by atoms with Crippen LogP contribution in [0.1, 0.15) is 30.6 Å². The molecule has 0 aliphatic carbocycles. The minimum Gasteiger partial charge on any atom is -1.00 e. The summed E-state index contributed by atoms with van der Waals surface area (Å²) in [5, 5.41) is 8.67. The molecule has 0 heterocycles. The smallest absolute Gasteiger partial charge is 0.395 e. The van der Waals surface area contributed by atoms with Crippen molar-refractivity contribution in [2.24, 2.45) is 5.92 Å². The average Bonchev–Trinajstić information content (AvgIpc) is 2.16. The average molecular weight is 225 g/mol. The molecular formula is C11H13ClN2O. The molecule has 15 heavy (non-hydrogen) atoms. The third-order valence-electron chi connectivity index (χ3n) is 1.91. The predicted octanol–water partition coefficient (Wildman–Crippen LogP) is 0.404. The van der Waals surface area contributed by atoms with Crippen LogP contribution in [0.3, 0.4) is 0 Å². The third-order valence-corrected chi connectivity index (χ3v) is 1.91.